The third-order valence-electron chi connectivity index (χ3n) is 3.51. The highest BCUT2D eigenvalue weighted by molar-refractivity contribution is 8.68. The van der Waals surface area contributed by atoms with E-state index in [0.717, 1.165) is 41.4 Å². The molecule has 2 rings (SSSR count). The van der Waals surface area contributed by atoms with Gasteiger partial charge in [-0.2, -0.15) is 0 Å². The summed E-state index contributed by atoms with van der Waals surface area (Å²) in [5.41, 5.74) is 3.37. The molecule has 0 heterocycles. The average Bonchev–Trinajstić information content (AvgIpc) is 2.63. The summed E-state index contributed by atoms with van der Waals surface area (Å²) in [4.78, 5) is 8.54. The highest BCUT2D eigenvalue weighted by Crippen LogP contribution is 2.17. The van der Waals surface area contributed by atoms with Crippen LogP contribution in [-0.4, -0.2) is 40.5 Å². The van der Waals surface area contributed by atoms with Gasteiger partial charge < -0.3 is 10.2 Å². The lowest BCUT2D eigenvalue weighted by Crippen LogP contribution is -1.97. The van der Waals surface area contributed by atoms with Gasteiger partial charge in [-0.3, -0.25) is 9.98 Å². The van der Waals surface area contributed by atoms with Crippen LogP contribution in [0, 0.1) is 0 Å². The number of phenolic OH excluding ortho intramolecular Hbond substituents is 2. The maximum atomic E-state index is 9.54. The minimum Gasteiger partial charge on any atom is -0.507 e. The molecule has 0 saturated heterocycles. The number of thiol groups is 1. The molecule has 0 amide bonds. The summed E-state index contributed by atoms with van der Waals surface area (Å²) in [7, 11) is 1.47. The molecule has 26 heavy (non-hydrogen) atoms. The van der Waals surface area contributed by atoms with E-state index in [-0.39, 0.29) is 5.75 Å². The van der Waals surface area contributed by atoms with Crippen molar-refractivity contribution in [2.75, 3.05) is 18.8 Å². The van der Waals surface area contributed by atoms with Crippen molar-refractivity contribution in [1.82, 2.24) is 0 Å². The first-order valence-electron chi connectivity index (χ1n) is 8.36. The molecule has 0 saturated carbocycles. The number of aliphatic imine (C=N–C) groups is 2. The van der Waals surface area contributed by atoms with E-state index in [1.807, 2.05) is 45.0 Å². The Bertz CT molecular complexity index is 746. The maximum Gasteiger partial charge on any atom is 0.124 e. The van der Waals surface area contributed by atoms with Crippen molar-refractivity contribution in [1.29, 1.82) is 0 Å². The molecule has 140 valence electrons. The van der Waals surface area contributed by atoms with E-state index in [1.54, 1.807) is 24.3 Å². The minimum absolute atomic E-state index is 0.285. The zero-order chi connectivity index (χ0) is 19.4. The molecule has 0 aliphatic heterocycles. The van der Waals surface area contributed by atoms with Crippen molar-refractivity contribution >= 4 is 33.9 Å². The summed E-state index contributed by atoms with van der Waals surface area (Å²) in [6.07, 6.45) is 0. The number of rotatable bonds is 6. The predicted octanol–water partition coefficient (Wildman–Crippen LogP) is 5.00. The molecule has 0 atom stereocenters. The van der Waals surface area contributed by atoms with Crippen molar-refractivity contribution in [3.8, 4) is 11.5 Å². The summed E-state index contributed by atoms with van der Waals surface area (Å²) < 4.78 is 0. The van der Waals surface area contributed by atoms with Gasteiger partial charge in [0, 0.05) is 41.4 Å². The van der Waals surface area contributed by atoms with Crippen LogP contribution in [0.5, 0.6) is 11.5 Å². The minimum atomic E-state index is 0.285. The molecule has 2 N–H and O–H groups in total. The normalized spacial score (nSPS) is 11.7. The molecule has 0 aromatic heterocycles. The number of benzene rings is 2. The van der Waals surface area contributed by atoms with Gasteiger partial charge in [0.05, 0.1) is 0 Å². The van der Waals surface area contributed by atoms with E-state index in [4.69, 9.17) is 0 Å². The van der Waals surface area contributed by atoms with Crippen molar-refractivity contribution in [3.63, 3.8) is 0 Å². The topological polar surface area (TPSA) is 65.2 Å². The molecule has 0 bridgehead atoms. The molecule has 0 radical (unpaired) electrons. The summed E-state index contributed by atoms with van der Waals surface area (Å²) in [6, 6.07) is 14.5. The Morgan fingerprint density at radius 2 is 1.35 bits per heavy atom. The first-order chi connectivity index (χ1) is 12.5. The fourth-order valence-corrected chi connectivity index (χ4v) is 2.64. The molecule has 4 nitrogen and oxygen atoms in total. The summed E-state index contributed by atoms with van der Waals surface area (Å²) in [6.45, 7) is 7.26. The Morgan fingerprint density at radius 1 is 0.885 bits per heavy atom. The molecular weight excluding hydrogens is 364 g/mol. The van der Waals surface area contributed by atoms with Gasteiger partial charge in [-0.1, -0.05) is 35.1 Å². The highest BCUT2D eigenvalue weighted by atomic mass is 33.1. The van der Waals surface area contributed by atoms with E-state index in [0.29, 0.717) is 5.75 Å². The van der Waals surface area contributed by atoms with Crippen LogP contribution in [0.4, 0.5) is 0 Å². The fraction of sp³-hybridized carbons (Fsp3) is 0.300. The second kappa shape index (κ2) is 12.4. The van der Waals surface area contributed by atoms with Crippen LogP contribution in [0.15, 0.2) is 58.5 Å². The second-order valence-corrected chi connectivity index (χ2v) is 6.84. The number of para-hydroxylation sites is 2. The number of hydrogen-bond acceptors (Lipinski definition) is 6. The van der Waals surface area contributed by atoms with Crippen LogP contribution in [0.2, 0.25) is 0 Å². The van der Waals surface area contributed by atoms with Gasteiger partial charge in [-0.15, -0.1) is 11.7 Å². The lowest BCUT2D eigenvalue weighted by molar-refractivity contribution is 0.473. The number of nitrogens with zero attached hydrogens (tertiary/aromatic N) is 2. The molecule has 2 aromatic rings. The van der Waals surface area contributed by atoms with Crippen LogP contribution in [0.3, 0.4) is 0 Å². The van der Waals surface area contributed by atoms with Crippen molar-refractivity contribution in [2.45, 2.75) is 20.8 Å². The van der Waals surface area contributed by atoms with E-state index in [1.165, 1.54) is 10.8 Å². The first-order valence-corrected chi connectivity index (χ1v) is 10.4. The average molecular weight is 391 g/mol. The van der Waals surface area contributed by atoms with Gasteiger partial charge in [-0.25, -0.2) is 0 Å². The zero-order valence-corrected chi connectivity index (χ0v) is 17.1. The Balaban J connectivity index is 0.000000263. The summed E-state index contributed by atoms with van der Waals surface area (Å²) in [5, 5.41) is 19.0. The lowest BCUT2D eigenvalue weighted by atomic mass is 10.1. The third kappa shape index (κ3) is 7.54. The molecule has 0 aliphatic carbocycles. The highest BCUT2D eigenvalue weighted by Gasteiger charge is 2.02. The molecule has 6 heteroatoms. The smallest absolute Gasteiger partial charge is 0.124 e. The maximum absolute atomic E-state index is 9.54. The zero-order valence-electron chi connectivity index (χ0n) is 15.4. The third-order valence-corrected chi connectivity index (χ3v) is 4.43. The van der Waals surface area contributed by atoms with Crippen LogP contribution in [0.25, 0.3) is 0 Å². The van der Waals surface area contributed by atoms with Crippen molar-refractivity contribution in [3.05, 3.63) is 59.7 Å². The van der Waals surface area contributed by atoms with E-state index < -0.39 is 0 Å². The Labute approximate surface area is 164 Å². The van der Waals surface area contributed by atoms with Gasteiger partial charge in [-0.05, 0) is 45.0 Å². The van der Waals surface area contributed by atoms with Crippen LogP contribution in [0.1, 0.15) is 31.9 Å². The molecule has 2 aromatic carbocycles. The van der Waals surface area contributed by atoms with E-state index in [9.17, 15) is 10.2 Å². The van der Waals surface area contributed by atoms with Gasteiger partial charge >= 0.3 is 0 Å². The summed E-state index contributed by atoms with van der Waals surface area (Å²) >= 11 is 4.03. The largest absolute Gasteiger partial charge is 0.507 e. The van der Waals surface area contributed by atoms with Gasteiger partial charge in [0.1, 0.15) is 11.5 Å². The second-order valence-electron chi connectivity index (χ2n) is 5.39. The molecular formula is C20H26N2O2S2. The SMILES string of the molecule is CC(=NCCSS)c1ccccc1O.CCN=C(C)c1ccccc1O. The Morgan fingerprint density at radius 3 is 1.77 bits per heavy atom. The number of aromatic hydroxyl groups is 2. The predicted molar refractivity (Wildman–Crippen MR) is 117 cm³/mol. The summed E-state index contributed by atoms with van der Waals surface area (Å²) in [5.74, 6) is 1.47. The molecule has 0 spiro atoms. The number of phenols is 2. The number of hydrogen-bond donors (Lipinski definition) is 3. The van der Waals surface area contributed by atoms with Crippen molar-refractivity contribution < 1.29 is 10.2 Å². The first kappa shape index (κ1) is 22.1. The quantitative estimate of drug-likeness (QED) is 0.281. The van der Waals surface area contributed by atoms with E-state index in [2.05, 4.69) is 21.6 Å². The van der Waals surface area contributed by atoms with Gasteiger partial charge in [0.15, 0.2) is 0 Å². The Kier molecular flexibility index (Phi) is 10.6. The Hall–Kier alpha value is -1.92. The van der Waals surface area contributed by atoms with Crippen LogP contribution < -0.4 is 0 Å². The van der Waals surface area contributed by atoms with Crippen LogP contribution in [-0.2, 0) is 0 Å². The van der Waals surface area contributed by atoms with Crippen molar-refractivity contribution in [2.24, 2.45) is 9.98 Å². The van der Waals surface area contributed by atoms with Gasteiger partial charge in [0.25, 0.3) is 0 Å². The molecule has 0 fully saturated rings. The molecule has 0 aliphatic rings. The monoisotopic (exact) mass is 390 g/mol. The van der Waals surface area contributed by atoms with Crippen LogP contribution >= 0.6 is 22.5 Å². The molecule has 0 unspecified atom stereocenters. The van der Waals surface area contributed by atoms with E-state index >= 15 is 0 Å². The lowest BCUT2D eigenvalue weighted by Gasteiger charge is -2.03. The fourth-order valence-electron chi connectivity index (χ4n) is 2.22. The van der Waals surface area contributed by atoms with Gasteiger partial charge in [0.2, 0.25) is 0 Å². The standard InChI is InChI=1S/C10H13NOS2.C10H13NO/c1-8(11-6-7-14-13)9-4-2-3-5-10(9)12;1-3-11-8(2)9-6-4-5-7-10(9)12/h2-5,12-13H,6-7H2,1H3;4-7,12H,3H2,1-2H3.